The van der Waals surface area contributed by atoms with E-state index in [0.717, 1.165) is 0 Å². The molecule has 0 fully saturated rings. The number of hydrogen-bond acceptors (Lipinski definition) is 5. The molecule has 0 aromatic carbocycles. The van der Waals surface area contributed by atoms with E-state index in [9.17, 15) is 18.0 Å². The van der Waals surface area contributed by atoms with Crippen LogP contribution < -0.4 is 16.4 Å². The van der Waals surface area contributed by atoms with E-state index in [2.05, 4.69) is 5.32 Å². The molecule has 100 valence electrons. The third-order valence-corrected chi connectivity index (χ3v) is 4.53. The molecular weight excluding hydrogens is 246 g/mol. The number of nitrogens with two attached hydrogens (primary N) is 1. The first-order valence-electron chi connectivity index (χ1n) is 5.24. The van der Waals surface area contributed by atoms with Crippen molar-refractivity contribution in [1.82, 2.24) is 10.6 Å². The Morgan fingerprint density at radius 1 is 1.35 bits per heavy atom. The second-order valence-corrected chi connectivity index (χ2v) is 6.07. The Morgan fingerprint density at radius 2 is 1.88 bits per heavy atom. The second kappa shape index (κ2) is 6.55. The number of carbonyl (C=O) groups is 2. The summed E-state index contributed by atoms with van der Waals surface area (Å²) in [6, 6.07) is -1.24. The van der Waals surface area contributed by atoms with E-state index in [-0.39, 0.29) is 5.75 Å². The zero-order chi connectivity index (χ0) is 13.6. The predicted molar refractivity (Wildman–Crippen MR) is 64.1 cm³/mol. The van der Waals surface area contributed by atoms with E-state index < -0.39 is 33.1 Å². The summed E-state index contributed by atoms with van der Waals surface area (Å²) in [6.07, 6.45) is 0.503. The molecule has 0 aliphatic carbocycles. The fourth-order valence-electron chi connectivity index (χ4n) is 1.000. The van der Waals surface area contributed by atoms with Crippen LogP contribution in [0.15, 0.2) is 0 Å². The molecule has 0 radical (unpaired) electrons. The fraction of sp³-hybridized carbons (Fsp3) is 0.778. The molecule has 0 saturated heterocycles. The molecule has 0 heterocycles. The van der Waals surface area contributed by atoms with Crippen molar-refractivity contribution in [2.75, 3.05) is 12.8 Å². The summed E-state index contributed by atoms with van der Waals surface area (Å²) in [6.45, 7) is 2.99. The van der Waals surface area contributed by atoms with Crippen LogP contribution in [0.25, 0.3) is 0 Å². The van der Waals surface area contributed by atoms with Gasteiger partial charge in [0, 0.05) is 13.1 Å². The van der Waals surface area contributed by atoms with Crippen molar-refractivity contribution in [3.05, 3.63) is 0 Å². The van der Waals surface area contributed by atoms with Gasteiger partial charge in [0.25, 0.3) is 0 Å². The Morgan fingerprint density at radius 3 is 2.29 bits per heavy atom. The first-order valence-corrected chi connectivity index (χ1v) is 6.95. The van der Waals surface area contributed by atoms with Crippen LogP contribution in [0.2, 0.25) is 0 Å². The highest BCUT2D eigenvalue weighted by molar-refractivity contribution is 7.92. The molecule has 0 saturated carbocycles. The molecule has 17 heavy (non-hydrogen) atoms. The lowest BCUT2D eigenvalue weighted by atomic mass is 10.3. The van der Waals surface area contributed by atoms with Crippen LogP contribution in [0.5, 0.6) is 0 Å². The molecule has 2 atom stereocenters. The van der Waals surface area contributed by atoms with Crippen LogP contribution in [-0.2, 0) is 14.6 Å². The Balaban J connectivity index is 4.63. The van der Waals surface area contributed by atoms with Crippen molar-refractivity contribution < 1.29 is 18.0 Å². The lowest BCUT2D eigenvalue weighted by Gasteiger charge is -2.15. The van der Waals surface area contributed by atoms with Gasteiger partial charge in [-0.05, 0) is 13.3 Å². The minimum atomic E-state index is -3.64. The highest BCUT2D eigenvalue weighted by Crippen LogP contribution is 2.05. The molecule has 0 bridgehead atoms. The highest BCUT2D eigenvalue weighted by atomic mass is 32.2. The molecule has 0 spiro atoms. The van der Waals surface area contributed by atoms with Crippen molar-refractivity contribution >= 4 is 21.8 Å². The number of nitrogens with one attached hydrogen (secondary N) is 2. The predicted octanol–water partition coefficient (Wildman–Crippen LogP) is -1.02. The molecule has 0 aromatic rings. The highest BCUT2D eigenvalue weighted by Gasteiger charge is 2.30. The number of urea groups is 1. The van der Waals surface area contributed by atoms with E-state index >= 15 is 0 Å². The summed E-state index contributed by atoms with van der Waals surface area (Å²) >= 11 is 0. The Labute approximate surface area is 101 Å². The number of carbonyl (C=O) groups excluding carboxylic acids is 2. The lowest BCUT2D eigenvalue weighted by Crippen LogP contribution is -2.46. The van der Waals surface area contributed by atoms with Crippen LogP contribution in [-0.4, -0.2) is 44.4 Å². The van der Waals surface area contributed by atoms with E-state index in [0.29, 0.717) is 6.42 Å². The van der Waals surface area contributed by atoms with Gasteiger partial charge >= 0.3 is 6.03 Å². The normalized spacial score (nSPS) is 14.8. The lowest BCUT2D eigenvalue weighted by molar-refractivity contribution is -0.119. The molecule has 0 rings (SSSR count). The molecule has 7 nitrogen and oxygen atoms in total. The summed E-state index contributed by atoms with van der Waals surface area (Å²) in [5.74, 6) is -1.13. The van der Waals surface area contributed by atoms with Gasteiger partial charge in [-0.1, -0.05) is 6.92 Å². The SMILES string of the molecule is CCC(N)CS(=O)(=O)C(C)C(=O)NC(=O)NC. The molecule has 0 aliphatic heterocycles. The largest absolute Gasteiger partial charge is 0.341 e. The van der Waals surface area contributed by atoms with Gasteiger partial charge in [-0.3, -0.25) is 10.1 Å². The maximum absolute atomic E-state index is 11.7. The summed E-state index contributed by atoms with van der Waals surface area (Å²) in [4.78, 5) is 22.3. The molecule has 3 amide bonds. The van der Waals surface area contributed by atoms with E-state index in [1.807, 2.05) is 5.32 Å². The Hall–Kier alpha value is -1.15. The number of rotatable bonds is 5. The van der Waals surface area contributed by atoms with Gasteiger partial charge in [-0.2, -0.15) is 0 Å². The molecule has 0 aliphatic rings. The molecule has 8 heteroatoms. The molecule has 0 aromatic heterocycles. The average molecular weight is 265 g/mol. The van der Waals surface area contributed by atoms with E-state index in [1.54, 1.807) is 6.92 Å². The first kappa shape index (κ1) is 15.9. The quantitative estimate of drug-likeness (QED) is 0.588. The Bertz CT molecular complexity index is 380. The zero-order valence-corrected chi connectivity index (χ0v) is 11.0. The van der Waals surface area contributed by atoms with Gasteiger partial charge in [0.2, 0.25) is 5.91 Å². The van der Waals surface area contributed by atoms with E-state index in [4.69, 9.17) is 5.73 Å². The smallest absolute Gasteiger partial charge is 0.321 e. The van der Waals surface area contributed by atoms with Crippen molar-refractivity contribution in [1.29, 1.82) is 0 Å². The van der Waals surface area contributed by atoms with Gasteiger partial charge < -0.3 is 11.1 Å². The van der Waals surface area contributed by atoms with Gasteiger partial charge in [0.05, 0.1) is 5.75 Å². The fourth-order valence-corrected chi connectivity index (χ4v) is 2.51. The second-order valence-electron chi connectivity index (χ2n) is 3.71. The standard InChI is InChI=1S/C9H19N3O4S/c1-4-7(10)5-17(15,16)6(2)8(13)12-9(14)11-3/h6-7H,4-5,10H2,1-3H3,(H2,11,12,13,14). The van der Waals surface area contributed by atoms with Crippen LogP contribution in [0.4, 0.5) is 4.79 Å². The first-order chi connectivity index (χ1) is 7.74. The van der Waals surface area contributed by atoms with Crippen LogP contribution in [0.1, 0.15) is 20.3 Å². The summed E-state index contributed by atoms with van der Waals surface area (Å²) in [5, 5.41) is 2.79. The summed E-state index contributed by atoms with van der Waals surface area (Å²) in [7, 11) is -2.31. The van der Waals surface area contributed by atoms with Gasteiger partial charge in [-0.15, -0.1) is 0 Å². The minimum Gasteiger partial charge on any atom is -0.341 e. The third-order valence-electron chi connectivity index (χ3n) is 2.34. The summed E-state index contributed by atoms with van der Waals surface area (Å²) < 4.78 is 23.5. The number of sulfone groups is 1. The Kier molecular flexibility index (Phi) is 6.11. The average Bonchev–Trinajstić information content (AvgIpc) is 2.26. The monoisotopic (exact) mass is 265 g/mol. The van der Waals surface area contributed by atoms with Crippen molar-refractivity contribution in [3.63, 3.8) is 0 Å². The zero-order valence-electron chi connectivity index (χ0n) is 10.2. The third kappa shape index (κ3) is 5.14. The van der Waals surface area contributed by atoms with Crippen LogP contribution >= 0.6 is 0 Å². The summed E-state index contributed by atoms with van der Waals surface area (Å²) in [5.41, 5.74) is 5.53. The van der Waals surface area contributed by atoms with Crippen molar-refractivity contribution in [2.24, 2.45) is 5.73 Å². The van der Waals surface area contributed by atoms with E-state index in [1.165, 1.54) is 14.0 Å². The topological polar surface area (TPSA) is 118 Å². The molecular formula is C9H19N3O4S. The maximum atomic E-state index is 11.7. The molecule has 4 N–H and O–H groups in total. The van der Waals surface area contributed by atoms with Crippen LogP contribution in [0, 0.1) is 0 Å². The van der Waals surface area contributed by atoms with Crippen LogP contribution in [0.3, 0.4) is 0 Å². The van der Waals surface area contributed by atoms with Gasteiger partial charge in [-0.25, -0.2) is 13.2 Å². The number of imide groups is 1. The van der Waals surface area contributed by atoms with Crippen molar-refractivity contribution in [3.8, 4) is 0 Å². The number of hydrogen-bond donors (Lipinski definition) is 3. The molecule has 2 unspecified atom stereocenters. The van der Waals surface area contributed by atoms with Crippen molar-refractivity contribution in [2.45, 2.75) is 31.6 Å². The maximum Gasteiger partial charge on any atom is 0.321 e. The number of amides is 3. The van der Waals surface area contributed by atoms with Gasteiger partial charge in [0.15, 0.2) is 9.84 Å². The minimum absolute atomic E-state index is 0.272. The van der Waals surface area contributed by atoms with Gasteiger partial charge in [0.1, 0.15) is 5.25 Å².